The van der Waals surface area contributed by atoms with E-state index in [4.69, 9.17) is 0 Å². The van der Waals surface area contributed by atoms with E-state index < -0.39 is 0 Å². The molecule has 0 fully saturated rings. The molecule has 0 saturated heterocycles. The molecule has 0 spiro atoms. The van der Waals surface area contributed by atoms with E-state index >= 15 is 0 Å². The summed E-state index contributed by atoms with van der Waals surface area (Å²) in [5.74, 6) is 0.482. The van der Waals surface area contributed by atoms with Crippen LogP contribution >= 0.6 is 15.9 Å². The van der Waals surface area contributed by atoms with Crippen molar-refractivity contribution < 1.29 is 4.79 Å². The molecule has 5 nitrogen and oxygen atoms in total. The van der Waals surface area contributed by atoms with Crippen molar-refractivity contribution in [1.82, 2.24) is 15.2 Å². The standard InChI is InChI=1S/C12H19BrN4O/c1-14-11-10(7-9(13)8-16-11)12(18)15-5-4-6-17(2)3/h7-8H,4-6H2,1-3H3,(H,14,16)(H,15,18). The Morgan fingerprint density at radius 1 is 1.50 bits per heavy atom. The number of nitrogens with zero attached hydrogens (tertiary/aromatic N) is 2. The molecule has 0 saturated carbocycles. The first kappa shape index (κ1) is 14.9. The minimum absolute atomic E-state index is 0.105. The van der Waals surface area contributed by atoms with Gasteiger partial charge in [-0.05, 0) is 49.1 Å². The summed E-state index contributed by atoms with van der Waals surface area (Å²) in [4.78, 5) is 18.2. The van der Waals surface area contributed by atoms with Gasteiger partial charge < -0.3 is 15.5 Å². The summed E-state index contributed by atoms with van der Waals surface area (Å²) in [6, 6.07) is 1.76. The zero-order valence-electron chi connectivity index (χ0n) is 11.0. The maximum Gasteiger partial charge on any atom is 0.255 e. The lowest BCUT2D eigenvalue weighted by molar-refractivity contribution is 0.0953. The lowest BCUT2D eigenvalue weighted by Gasteiger charge is -2.11. The molecule has 0 aliphatic rings. The highest BCUT2D eigenvalue weighted by Gasteiger charge is 2.11. The Bertz CT molecular complexity index is 409. The summed E-state index contributed by atoms with van der Waals surface area (Å²) in [5.41, 5.74) is 0.553. The number of hydrogen-bond donors (Lipinski definition) is 2. The summed E-state index contributed by atoms with van der Waals surface area (Å²) in [6.45, 7) is 1.61. The Morgan fingerprint density at radius 2 is 2.22 bits per heavy atom. The van der Waals surface area contributed by atoms with Crippen LogP contribution in [0.25, 0.3) is 0 Å². The van der Waals surface area contributed by atoms with Crippen LogP contribution in [0.5, 0.6) is 0 Å². The average Bonchev–Trinajstić information content (AvgIpc) is 2.34. The molecule has 0 bridgehead atoms. The zero-order chi connectivity index (χ0) is 13.5. The van der Waals surface area contributed by atoms with E-state index in [0.29, 0.717) is 17.9 Å². The highest BCUT2D eigenvalue weighted by Crippen LogP contribution is 2.17. The number of aromatic nitrogens is 1. The van der Waals surface area contributed by atoms with Gasteiger partial charge in [-0.2, -0.15) is 0 Å². The Morgan fingerprint density at radius 3 is 2.83 bits per heavy atom. The van der Waals surface area contributed by atoms with Crippen LogP contribution in [-0.4, -0.2) is 50.0 Å². The number of nitrogens with one attached hydrogen (secondary N) is 2. The second-order valence-corrected chi connectivity index (χ2v) is 5.13. The van der Waals surface area contributed by atoms with E-state index in [1.807, 2.05) is 14.1 Å². The quantitative estimate of drug-likeness (QED) is 0.783. The zero-order valence-corrected chi connectivity index (χ0v) is 12.5. The van der Waals surface area contributed by atoms with E-state index in [1.54, 1.807) is 19.3 Å². The molecule has 1 aromatic rings. The molecule has 1 heterocycles. The average molecular weight is 315 g/mol. The Labute approximate surface area is 116 Å². The predicted molar refractivity (Wildman–Crippen MR) is 77.0 cm³/mol. The molecule has 0 aliphatic heterocycles. The molecule has 1 amide bonds. The van der Waals surface area contributed by atoms with Crippen molar-refractivity contribution in [3.63, 3.8) is 0 Å². The number of amides is 1. The normalized spacial score (nSPS) is 10.5. The second kappa shape index (κ2) is 7.33. The molecule has 6 heteroatoms. The molecule has 0 unspecified atom stereocenters. The first-order valence-corrected chi connectivity index (χ1v) is 6.60. The van der Waals surface area contributed by atoms with Crippen molar-refractivity contribution in [2.75, 3.05) is 39.5 Å². The highest BCUT2D eigenvalue weighted by atomic mass is 79.9. The number of anilines is 1. The number of carbonyl (C=O) groups excluding carboxylic acids is 1. The van der Waals surface area contributed by atoms with Crippen LogP contribution in [0.4, 0.5) is 5.82 Å². The van der Waals surface area contributed by atoms with E-state index in [-0.39, 0.29) is 5.91 Å². The largest absolute Gasteiger partial charge is 0.372 e. The Balaban J connectivity index is 2.58. The van der Waals surface area contributed by atoms with Gasteiger partial charge >= 0.3 is 0 Å². The molecule has 1 rings (SSSR count). The molecule has 18 heavy (non-hydrogen) atoms. The van der Waals surface area contributed by atoms with Crippen molar-refractivity contribution in [3.8, 4) is 0 Å². The lowest BCUT2D eigenvalue weighted by Crippen LogP contribution is -2.27. The SMILES string of the molecule is CNc1ncc(Br)cc1C(=O)NCCCN(C)C. The summed E-state index contributed by atoms with van der Waals surface area (Å²) in [5, 5.41) is 5.80. The molecule has 1 aromatic heterocycles. The predicted octanol–water partition coefficient (Wildman–Crippen LogP) is 1.57. The first-order chi connectivity index (χ1) is 8.54. The summed E-state index contributed by atoms with van der Waals surface area (Å²) < 4.78 is 0.792. The van der Waals surface area contributed by atoms with E-state index in [0.717, 1.165) is 17.4 Å². The van der Waals surface area contributed by atoms with Crippen LogP contribution < -0.4 is 10.6 Å². The van der Waals surface area contributed by atoms with Gasteiger partial charge in [-0.1, -0.05) is 0 Å². The highest BCUT2D eigenvalue weighted by molar-refractivity contribution is 9.10. The molecule has 0 aromatic carbocycles. The van der Waals surface area contributed by atoms with Crippen LogP contribution in [0.3, 0.4) is 0 Å². The van der Waals surface area contributed by atoms with Crippen molar-refractivity contribution in [1.29, 1.82) is 0 Å². The summed E-state index contributed by atoms with van der Waals surface area (Å²) >= 11 is 3.32. The molecule has 0 aliphatic carbocycles. The fraction of sp³-hybridized carbons (Fsp3) is 0.500. The van der Waals surface area contributed by atoms with Gasteiger partial charge in [0.1, 0.15) is 5.82 Å². The third-order valence-corrected chi connectivity index (χ3v) is 2.84. The minimum Gasteiger partial charge on any atom is -0.372 e. The number of carbonyl (C=O) groups is 1. The minimum atomic E-state index is -0.105. The van der Waals surface area contributed by atoms with E-state index in [9.17, 15) is 4.79 Å². The van der Waals surface area contributed by atoms with Gasteiger partial charge in [0.25, 0.3) is 5.91 Å². The maximum atomic E-state index is 12.0. The van der Waals surface area contributed by atoms with Gasteiger partial charge in [-0.15, -0.1) is 0 Å². The monoisotopic (exact) mass is 314 g/mol. The number of rotatable bonds is 6. The lowest BCUT2D eigenvalue weighted by atomic mass is 10.2. The number of pyridine rings is 1. The van der Waals surface area contributed by atoms with Crippen molar-refractivity contribution >= 4 is 27.7 Å². The third kappa shape index (κ3) is 4.62. The Kier molecular flexibility index (Phi) is 6.07. The van der Waals surface area contributed by atoms with E-state index in [2.05, 4.69) is 36.4 Å². The van der Waals surface area contributed by atoms with Gasteiger partial charge in [-0.3, -0.25) is 4.79 Å². The molecule has 0 atom stereocenters. The third-order valence-electron chi connectivity index (χ3n) is 2.40. The van der Waals surface area contributed by atoms with Crippen molar-refractivity contribution in [3.05, 3.63) is 22.3 Å². The molecule has 100 valence electrons. The second-order valence-electron chi connectivity index (χ2n) is 4.21. The van der Waals surface area contributed by atoms with Gasteiger partial charge in [0.2, 0.25) is 0 Å². The van der Waals surface area contributed by atoms with Crippen molar-refractivity contribution in [2.45, 2.75) is 6.42 Å². The number of hydrogen-bond acceptors (Lipinski definition) is 4. The van der Waals surface area contributed by atoms with Gasteiger partial charge in [-0.25, -0.2) is 4.98 Å². The van der Waals surface area contributed by atoms with E-state index in [1.165, 1.54) is 0 Å². The number of halogens is 1. The van der Waals surface area contributed by atoms with Crippen molar-refractivity contribution in [2.24, 2.45) is 0 Å². The van der Waals surface area contributed by atoms with Crippen LogP contribution in [0.1, 0.15) is 16.8 Å². The van der Waals surface area contributed by atoms with Crippen LogP contribution in [-0.2, 0) is 0 Å². The van der Waals surface area contributed by atoms with Gasteiger partial charge in [0.15, 0.2) is 0 Å². The molecule has 0 radical (unpaired) electrons. The van der Waals surface area contributed by atoms with Crippen LogP contribution in [0, 0.1) is 0 Å². The van der Waals surface area contributed by atoms with Gasteiger partial charge in [0.05, 0.1) is 5.56 Å². The topological polar surface area (TPSA) is 57.3 Å². The fourth-order valence-electron chi connectivity index (χ4n) is 1.50. The van der Waals surface area contributed by atoms with Gasteiger partial charge in [0, 0.05) is 24.3 Å². The van der Waals surface area contributed by atoms with Crippen LogP contribution in [0.15, 0.2) is 16.7 Å². The molecular formula is C12H19BrN4O. The molecular weight excluding hydrogens is 296 g/mol. The maximum absolute atomic E-state index is 12.0. The summed E-state index contributed by atoms with van der Waals surface area (Å²) in [7, 11) is 5.78. The summed E-state index contributed by atoms with van der Waals surface area (Å²) in [6.07, 6.45) is 2.59. The first-order valence-electron chi connectivity index (χ1n) is 5.81. The van der Waals surface area contributed by atoms with Crippen LogP contribution in [0.2, 0.25) is 0 Å². The Hall–Kier alpha value is -1.14. The molecule has 2 N–H and O–H groups in total. The smallest absolute Gasteiger partial charge is 0.255 e. The fourth-order valence-corrected chi connectivity index (χ4v) is 1.84.